The van der Waals surface area contributed by atoms with Gasteiger partial charge in [-0.1, -0.05) is 382 Å². The van der Waals surface area contributed by atoms with Gasteiger partial charge in [-0.05, 0) is 43.4 Å². The van der Waals surface area contributed by atoms with Gasteiger partial charge < -0.3 is 33.8 Å². The summed E-state index contributed by atoms with van der Waals surface area (Å²) in [4.78, 5) is 73.1. The third-order valence-electron chi connectivity index (χ3n) is 19.4. The standard InChI is InChI=1S/C83H162O17P2/c1-8-9-10-11-12-13-14-15-16-17-18-19-20-21-22-25-32-37-44-52-59-66-82(87)99-78(70-93-80(85)64-57-50-43-36-31-26-23-24-29-34-40-47-54-61-74(2)3)72-97-101(89,90)95-68-77(84)69-96-102(91,92)98-73-79(71-94-81(86)65-58-51-46-39-42-49-56-63-76(6)7)100-83(88)67-60-53-45-38-33-28-27-30-35-41-48-55-62-75(4)5/h74-79,84H,8-73H2,1-7H3,(H,89,90)(H,91,92)/t77-,78-,79-/m1/s1. The van der Waals surface area contributed by atoms with Crippen molar-refractivity contribution in [1.29, 1.82) is 0 Å². The molecular weight excluding hydrogens is 1330 g/mol. The van der Waals surface area contributed by atoms with Crippen LogP contribution in [0.25, 0.3) is 0 Å². The molecule has 0 saturated heterocycles. The van der Waals surface area contributed by atoms with Crippen LogP contribution in [-0.2, 0) is 65.4 Å². The van der Waals surface area contributed by atoms with E-state index in [-0.39, 0.29) is 25.7 Å². The Balaban J connectivity index is 5.23. The number of unbranched alkanes of at least 4 members (excludes halogenated alkanes) is 49. The van der Waals surface area contributed by atoms with Crippen LogP contribution in [0.15, 0.2) is 0 Å². The molecule has 5 atom stereocenters. The van der Waals surface area contributed by atoms with Crippen molar-refractivity contribution in [2.75, 3.05) is 39.6 Å². The van der Waals surface area contributed by atoms with E-state index >= 15 is 0 Å². The zero-order valence-electron chi connectivity index (χ0n) is 67.1. The van der Waals surface area contributed by atoms with E-state index in [4.69, 9.17) is 37.0 Å². The van der Waals surface area contributed by atoms with Crippen molar-refractivity contribution in [3.05, 3.63) is 0 Å². The van der Waals surface area contributed by atoms with E-state index in [0.29, 0.717) is 31.6 Å². The number of rotatable bonds is 81. The van der Waals surface area contributed by atoms with Crippen molar-refractivity contribution >= 4 is 39.5 Å². The number of ether oxygens (including phenoxy) is 4. The molecule has 0 spiro atoms. The normalized spacial score (nSPS) is 13.9. The van der Waals surface area contributed by atoms with Crippen LogP contribution in [0.2, 0.25) is 0 Å². The van der Waals surface area contributed by atoms with Crippen LogP contribution >= 0.6 is 15.6 Å². The van der Waals surface area contributed by atoms with Crippen molar-refractivity contribution < 1.29 is 80.2 Å². The molecule has 0 saturated carbocycles. The van der Waals surface area contributed by atoms with Crippen molar-refractivity contribution in [3.8, 4) is 0 Å². The number of aliphatic hydroxyl groups excluding tert-OH is 1. The number of carbonyl (C=O) groups excluding carboxylic acids is 4. The zero-order valence-corrected chi connectivity index (χ0v) is 68.9. The first-order valence-corrected chi connectivity index (χ1v) is 45.8. The molecule has 17 nitrogen and oxygen atoms in total. The minimum absolute atomic E-state index is 0.106. The molecule has 0 aromatic rings. The molecule has 0 bridgehead atoms. The lowest BCUT2D eigenvalue weighted by atomic mass is 10.0. The summed E-state index contributed by atoms with van der Waals surface area (Å²) in [7, 11) is -9.92. The molecule has 0 aliphatic heterocycles. The zero-order chi connectivity index (χ0) is 75.1. The number of aliphatic hydroxyl groups is 1. The highest BCUT2D eigenvalue weighted by atomic mass is 31.2. The Morgan fingerprint density at radius 2 is 0.451 bits per heavy atom. The predicted molar refractivity (Wildman–Crippen MR) is 418 cm³/mol. The maximum atomic E-state index is 13.1. The third-order valence-corrected chi connectivity index (χ3v) is 21.3. The number of esters is 4. The quantitative estimate of drug-likeness (QED) is 0.0222. The molecule has 3 N–H and O–H groups in total. The average Bonchev–Trinajstić information content (AvgIpc) is 0.999. The van der Waals surface area contributed by atoms with Crippen LogP contribution in [0.4, 0.5) is 0 Å². The fraction of sp³-hybridized carbons (Fsp3) is 0.952. The largest absolute Gasteiger partial charge is 0.472 e. The fourth-order valence-corrected chi connectivity index (χ4v) is 14.4. The Hall–Kier alpha value is -1.94. The molecule has 606 valence electrons. The summed E-state index contributed by atoms with van der Waals surface area (Å²) >= 11 is 0. The summed E-state index contributed by atoms with van der Waals surface area (Å²) in [6.45, 7) is 11.9. The molecule has 19 heteroatoms. The van der Waals surface area contributed by atoms with Gasteiger partial charge in [0.2, 0.25) is 0 Å². The topological polar surface area (TPSA) is 237 Å². The second-order valence-corrected chi connectivity index (χ2v) is 34.2. The maximum Gasteiger partial charge on any atom is 0.472 e. The van der Waals surface area contributed by atoms with Crippen LogP contribution in [0.1, 0.15) is 434 Å². The monoisotopic (exact) mass is 1490 g/mol. The summed E-state index contributed by atoms with van der Waals surface area (Å²) in [6.07, 6.45) is 62.6. The number of phosphoric acid groups is 2. The SMILES string of the molecule is CCCCCCCCCCCCCCCCCCCCCCCC(=O)O[C@H](COC(=O)CCCCCCCCCCCCCCCC(C)C)COP(=O)(O)OC[C@@H](O)COP(=O)(O)OC[C@@H](COC(=O)CCCCCCCCCC(C)C)OC(=O)CCCCCCCCCCCCCCC(C)C. The Labute approximate surface area is 626 Å². The molecule has 0 aromatic heterocycles. The van der Waals surface area contributed by atoms with Gasteiger partial charge in [0, 0.05) is 25.7 Å². The Morgan fingerprint density at radius 3 is 0.667 bits per heavy atom. The lowest BCUT2D eigenvalue weighted by molar-refractivity contribution is -0.161. The molecule has 2 unspecified atom stereocenters. The van der Waals surface area contributed by atoms with Crippen LogP contribution < -0.4 is 0 Å². The van der Waals surface area contributed by atoms with E-state index in [1.807, 2.05) is 0 Å². The summed E-state index contributed by atoms with van der Waals surface area (Å²) in [5.74, 6) is 0.163. The molecule has 0 aliphatic carbocycles. The molecule has 0 aromatic carbocycles. The molecule has 0 aliphatic rings. The van der Waals surface area contributed by atoms with Crippen LogP contribution in [0.5, 0.6) is 0 Å². The van der Waals surface area contributed by atoms with Gasteiger partial charge in [0.25, 0.3) is 0 Å². The van der Waals surface area contributed by atoms with Gasteiger partial charge in [0.15, 0.2) is 12.2 Å². The second kappa shape index (κ2) is 73.2. The Bertz CT molecular complexity index is 1970. The van der Waals surface area contributed by atoms with E-state index in [2.05, 4.69) is 48.5 Å². The number of hydrogen-bond acceptors (Lipinski definition) is 15. The summed E-state index contributed by atoms with van der Waals surface area (Å²) < 4.78 is 68.8. The fourth-order valence-electron chi connectivity index (χ4n) is 12.8. The molecule has 0 heterocycles. The molecule has 102 heavy (non-hydrogen) atoms. The highest BCUT2D eigenvalue weighted by molar-refractivity contribution is 7.47. The van der Waals surface area contributed by atoms with Crippen LogP contribution in [-0.4, -0.2) is 96.7 Å². The molecule has 0 rings (SSSR count). The van der Waals surface area contributed by atoms with E-state index in [0.717, 1.165) is 108 Å². The van der Waals surface area contributed by atoms with Crippen molar-refractivity contribution in [2.45, 2.75) is 452 Å². The first-order chi connectivity index (χ1) is 49.2. The van der Waals surface area contributed by atoms with Gasteiger partial charge in [-0.15, -0.1) is 0 Å². The Morgan fingerprint density at radius 1 is 0.265 bits per heavy atom. The summed E-state index contributed by atoms with van der Waals surface area (Å²) in [6, 6.07) is 0. The molecule has 0 fully saturated rings. The highest BCUT2D eigenvalue weighted by Gasteiger charge is 2.30. The van der Waals surface area contributed by atoms with Gasteiger partial charge in [0.05, 0.1) is 26.4 Å². The van der Waals surface area contributed by atoms with E-state index in [1.165, 1.54) is 238 Å². The molecule has 0 radical (unpaired) electrons. The lowest BCUT2D eigenvalue weighted by Gasteiger charge is -2.21. The van der Waals surface area contributed by atoms with Crippen molar-refractivity contribution in [2.24, 2.45) is 17.8 Å². The predicted octanol–water partition coefficient (Wildman–Crippen LogP) is 24.9. The van der Waals surface area contributed by atoms with Gasteiger partial charge in [-0.2, -0.15) is 0 Å². The average molecular weight is 1490 g/mol. The minimum atomic E-state index is -4.96. The molecular formula is C83H162O17P2. The smallest absolute Gasteiger partial charge is 0.462 e. The maximum absolute atomic E-state index is 13.1. The Kier molecular flexibility index (Phi) is 71.8. The molecule has 0 amide bonds. The van der Waals surface area contributed by atoms with E-state index in [9.17, 15) is 43.2 Å². The van der Waals surface area contributed by atoms with E-state index < -0.39 is 97.5 Å². The number of hydrogen-bond donors (Lipinski definition) is 3. The lowest BCUT2D eigenvalue weighted by Crippen LogP contribution is -2.30. The van der Waals surface area contributed by atoms with Crippen LogP contribution in [0, 0.1) is 17.8 Å². The first-order valence-electron chi connectivity index (χ1n) is 42.8. The van der Waals surface area contributed by atoms with Crippen molar-refractivity contribution in [3.63, 3.8) is 0 Å². The summed E-state index contributed by atoms with van der Waals surface area (Å²) in [5.41, 5.74) is 0. The van der Waals surface area contributed by atoms with Crippen molar-refractivity contribution in [1.82, 2.24) is 0 Å². The summed E-state index contributed by atoms with van der Waals surface area (Å²) in [5, 5.41) is 10.7. The minimum Gasteiger partial charge on any atom is -0.462 e. The van der Waals surface area contributed by atoms with Crippen LogP contribution in [0.3, 0.4) is 0 Å². The van der Waals surface area contributed by atoms with Gasteiger partial charge in [-0.3, -0.25) is 37.3 Å². The number of carbonyl (C=O) groups is 4. The van der Waals surface area contributed by atoms with Gasteiger partial charge in [0.1, 0.15) is 19.3 Å². The van der Waals surface area contributed by atoms with Gasteiger partial charge >= 0.3 is 39.5 Å². The number of phosphoric ester groups is 2. The first kappa shape index (κ1) is 100. The van der Waals surface area contributed by atoms with Gasteiger partial charge in [-0.25, -0.2) is 9.13 Å². The van der Waals surface area contributed by atoms with E-state index in [1.54, 1.807) is 0 Å². The second-order valence-electron chi connectivity index (χ2n) is 31.3. The highest BCUT2D eigenvalue weighted by Crippen LogP contribution is 2.45. The third kappa shape index (κ3) is 76.3.